The average molecular weight is 339 g/mol. The number of carbonyl (C=O) groups is 1. The van der Waals surface area contributed by atoms with Crippen molar-refractivity contribution in [2.24, 2.45) is 0 Å². The summed E-state index contributed by atoms with van der Waals surface area (Å²) < 4.78 is 33.1. The van der Waals surface area contributed by atoms with Crippen LogP contribution in [-0.4, -0.2) is 5.78 Å². The summed E-state index contributed by atoms with van der Waals surface area (Å²) in [7, 11) is 0. The number of ether oxygens (including phenoxy) is 1. The van der Waals surface area contributed by atoms with Crippen LogP contribution in [0.3, 0.4) is 0 Å². The summed E-state index contributed by atoms with van der Waals surface area (Å²) in [6.45, 7) is 0.923. The van der Waals surface area contributed by atoms with Crippen molar-refractivity contribution in [3.05, 3.63) is 68.7 Å². The van der Waals surface area contributed by atoms with Gasteiger partial charge in [0.25, 0.3) is 0 Å². The Labute approximate surface area is 122 Å². The SMILES string of the molecule is O=C(c1ccc2c(c1)COC2)c1c(F)cc(Br)cc1F. The molecule has 0 spiro atoms. The Kier molecular flexibility index (Phi) is 3.40. The Morgan fingerprint density at radius 3 is 2.40 bits per heavy atom. The van der Waals surface area contributed by atoms with Crippen LogP contribution in [0.5, 0.6) is 0 Å². The summed E-state index contributed by atoms with van der Waals surface area (Å²) >= 11 is 2.99. The molecule has 2 aromatic rings. The van der Waals surface area contributed by atoms with E-state index in [-0.39, 0.29) is 10.0 Å². The van der Waals surface area contributed by atoms with Gasteiger partial charge in [0.05, 0.1) is 18.8 Å². The van der Waals surface area contributed by atoms with Crippen LogP contribution in [0.1, 0.15) is 27.0 Å². The van der Waals surface area contributed by atoms with Crippen LogP contribution < -0.4 is 0 Å². The quantitative estimate of drug-likeness (QED) is 0.774. The minimum atomic E-state index is -0.876. The van der Waals surface area contributed by atoms with Crippen molar-refractivity contribution in [1.29, 1.82) is 0 Å². The molecular formula is C15H9BrF2O2. The van der Waals surface area contributed by atoms with Gasteiger partial charge in [-0.3, -0.25) is 4.79 Å². The molecule has 3 rings (SSSR count). The van der Waals surface area contributed by atoms with E-state index in [9.17, 15) is 13.6 Å². The van der Waals surface area contributed by atoms with E-state index in [1.807, 2.05) is 0 Å². The van der Waals surface area contributed by atoms with Crippen LogP contribution in [-0.2, 0) is 18.0 Å². The molecule has 1 aliphatic rings. The van der Waals surface area contributed by atoms with Crippen molar-refractivity contribution in [2.45, 2.75) is 13.2 Å². The highest BCUT2D eigenvalue weighted by Gasteiger charge is 2.21. The van der Waals surface area contributed by atoms with E-state index in [1.165, 1.54) is 0 Å². The Hall–Kier alpha value is -1.59. The van der Waals surface area contributed by atoms with Gasteiger partial charge in [-0.25, -0.2) is 8.78 Å². The smallest absolute Gasteiger partial charge is 0.198 e. The monoisotopic (exact) mass is 338 g/mol. The Balaban J connectivity index is 2.05. The van der Waals surface area contributed by atoms with Crippen molar-refractivity contribution in [3.63, 3.8) is 0 Å². The second-order valence-electron chi connectivity index (χ2n) is 4.55. The summed E-state index contributed by atoms with van der Waals surface area (Å²) in [5, 5.41) is 0. The van der Waals surface area contributed by atoms with E-state index in [0.29, 0.717) is 13.2 Å². The number of hydrogen-bond acceptors (Lipinski definition) is 2. The highest BCUT2D eigenvalue weighted by molar-refractivity contribution is 9.10. The third kappa shape index (κ3) is 2.27. The van der Waals surface area contributed by atoms with Gasteiger partial charge in [0.15, 0.2) is 5.78 Å². The topological polar surface area (TPSA) is 26.3 Å². The van der Waals surface area contributed by atoms with E-state index in [1.54, 1.807) is 18.2 Å². The van der Waals surface area contributed by atoms with Gasteiger partial charge >= 0.3 is 0 Å². The van der Waals surface area contributed by atoms with E-state index in [4.69, 9.17) is 4.74 Å². The van der Waals surface area contributed by atoms with E-state index in [0.717, 1.165) is 23.3 Å². The molecule has 0 unspecified atom stereocenters. The second-order valence-corrected chi connectivity index (χ2v) is 5.47. The van der Waals surface area contributed by atoms with Crippen molar-refractivity contribution < 1.29 is 18.3 Å². The molecule has 0 atom stereocenters. The highest BCUT2D eigenvalue weighted by atomic mass is 79.9. The van der Waals surface area contributed by atoms with Gasteiger partial charge in [0.1, 0.15) is 11.6 Å². The number of ketones is 1. The first-order chi connectivity index (χ1) is 9.56. The summed E-state index contributed by atoms with van der Waals surface area (Å²) in [5.41, 5.74) is 1.61. The van der Waals surface area contributed by atoms with Gasteiger partial charge in [-0.05, 0) is 29.3 Å². The van der Waals surface area contributed by atoms with Gasteiger partial charge in [-0.15, -0.1) is 0 Å². The number of carbonyl (C=O) groups excluding carboxylic acids is 1. The lowest BCUT2D eigenvalue weighted by molar-refractivity contribution is 0.103. The Morgan fingerprint density at radius 2 is 1.70 bits per heavy atom. The normalized spacial score (nSPS) is 13.3. The molecule has 1 heterocycles. The second kappa shape index (κ2) is 5.07. The standard InChI is InChI=1S/C15H9BrF2O2/c16-11-4-12(17)14(13(18)5-11)15(19)8-1-2-9-6-20-7-10(9)3-8/h1-5H,6-7H2. The molecule has 0 saturated carbocycles. The summed E-state index contributed by atoms with van der Waals surface area (Å²) in [5.74, 6) is -2.42. The largest absolute Gasteiger partial charge is 0.372 e. The summed E-state index contributed by atoms with van der Waals surface area (Å²) in [4.78, 5) is 12.3. The number of rotatable bonds is 2. The first kappa shape index (κ1) is 13.4. The maximum atomic E-state index is 13.8. The molecule has 2 nitrogen and oxygen atoms in total. The molecule has 1 aliphatic heterocycles. The maximum absolute atomic E-state index is 13.8. The molecule has 102 valence electrons. The highest BCUT2D eigenvalue weighted by Crippen LogP contribution is 2.25. The fourth-order valence-electron chi connectivity index (χ4n) is 2.22. The van der Waals surface area contributed by atoms with Gasteiger partial charge in [0.2, 0.25) is 0 Å². The van der Waals surface area contributed by atoms with Crippen molar-refractivity contribution in [1.82, 2.24) is 0 Å². The zero-order valence-corrected chi connectivity index (χ0v) is 11.8. The molecule has 0 fully saturated rings. The van der Waals surface area contributed by atoms with Crippen LogP contribution >= 0.6 is 15.9 Å². The molecule has 0 radical (unpaired) electrons. The predicted octanol–water partition coefficient (Wildman–Crippen LogP) is 3.99. The Morgan fingerprint density at radius 1 is 1.05 bits per heavy atom. The molecular weight excluding hydrogens is 330 g/mol. The summed E-state index contributed by atoms with van der Waals surface area (Å²) in [6, 6.07) is 7.10. The molecule has 5 heteroatoms. The molecule has 0 N–H and O–H groups in total. The van der Waals surface area contributed by atoms with E-state index in [2.05, 4.69) is 15.9 Å². The molecule has 20 heavy (non-hydrogen) atoms. The third-order valence-electron chi connectivity index (χ3n) is 3.22. The van der Waals surface area contributed by atoms with Gasteiger partial charge < -0.3 is 4.74 Å². The fourth-order valence-corrected chi connectivity index (χ4v) is 2.62. The predicted molar refractivity (Wildman–Crippen MR) is 72.4 cm³/mol. The van der Waals surface area contributed by atoms with Gasteiger partial charge in [-0.1, -0.05) is 28.1 Å². The number of hydrogen-bond donors (Lipinski definition) is 0. The minimum absolute atomic E-state index is 0.256. The maximum Gasteiger partial charge on any atom is 0.198 e. The lowest BCUT2D eigenvalue weighted by atomic mass is 9.98. The molecule has 0 aliphatic carbocycles. The fraction of sp³-hybridized carbons (Fsp3) is 0.133. The lowest BCUT2D eigenvalue weighted by Crippen LogP contribution is -2.08. The molecule has 2 aromatic carbocycles. The van der Waals surface area contributed by atoms with Crippen molar-refractivity contribution >= 4 is 21.7 Å². The average Bonchev–Trinajstić information content (AvgIpc) is 2.84. The molecule has 0 bridgehead atoms. The lowest BCUT2D eigenvalue weighted by Gasteiger charge is -2.06. The first-order valence-corrected chi connectivity index (χ1v) is 6.74. The molecule has 0 amide bonds. The number of benzene rings is 2. The minimum Gasteiger partial charge on any atom is -0.372 e. The van der Waals surface area contributed by atoms with Gasteiger partial charge in [-0.2, -0.15) is 0 Å². The third-order valence-corrected chi connectivity index (χ3v) is 3.68. The van der Waals surface area contributed by atoms with Crippen LogP contribution in [0.15, 0.2) is 34.8 Å². The van der Waals surface area contributed by atoms with E-state index < -0.39 is 23.0 Å². The van der Waals surface area contributed by atoms with Crippen LogP contribution in [0.4, 0.5) is 8.78 Å². The summed E-state index contributed by atoms with van der Waals surface area (Å²) in [6.07, 6.45) is 0. The Bertz CT molecular complexity index is 690. The van der Waals surface area contributed by atoms with Crippen LogP contribution in [0.25, 0.3) is 0 Å². The zero-order valence-electron chi connectivity index (χ0n) is 10.3. The first-order valence-electron chi connectivity index (χ1n) is 5.95. The van der Waals surface area contributed by atoms with Gasteiger partial charge in [0, 0.05) is 10.0 Å². The van der Waals surface area contributed by atoms with Crippen molar-refractivity contribution in [3.8, 4) is 0 Å². The zero-order chi connectivity index (χ0) is 14.3. The van der Waals surface area contributed by atoms with Crippen LogP contribution in [0.2, 0.25) is 0 Å². The number of fused-ring (bicyclic) bond motifs is 1. The van der Waals surface area contributed by atoms with Crippen molar-refractivity contribution in [2.75, 3.05) is 0 Å². The van der Waals surface area contributed by atoms with E-state index >= 15 is 0 Å². The van der Waals surface area contributed by atoms with Crippen LogP contribution in [0, 0.1) is 11.6 Å². The number of halogens is 3. The molecule has 0 saturated heterocycles. The molecule has 0 aromatic heterocycles.